The van der Waals surface area contributed by atoms with Gasteiger partial charge in [-0.25, -0.2) is 9.37 Å². The first-order chi connectivity index (χ1) is 13.0. The van der Waals surface area contributed by atoms with Crippen LogP contribution in [0.5, 0.6) is 5.75 Å². The highest BCUT2D eigenvalue weighted by atomic mass is 35.5. The van der Waals surface area contributed by atoms with E-state index < -0.39 is 5.82 Å². The zero-order valence-electron chi connectivity index (χ0n) is 15.1. The maximum Gasteiger partial charge on any atom is 0.229 e. The monoisotopic (exact) mass is 386 g/mol. The van der Waals surface area contributed by atoms with E-state index in [0.717, 1.165) is 23.4 Å². The van der Waals surface area contributed by atoms with Gasteiger partial charge in [0, 0.05) is 24.0 Å². The van der Waals surface area contributed by atoms with Gasteiger partial charge in [-0.05, 0) is 43.2 Å². The Labute approximate surface area is 162 Å². The van der Waals surface area contributed by atoms with Crippen molar-refractivity contribution in [3.05, 3.63) is 70.6 Å². The van der Waals surface area contributed by atoms with Crippen molar-refractivity contribution in [2.45, 2.75) is 13.3 Å². The number of methoxy groups -OCH3 is 1. The van der Waals surface area contributed by atoms with Gasteiger partial charge >= 0.3 is 0 Å². The maximum atomic E-state index is 13.3. The summed E-state index contributed by atoms with van der Waals surface area (Å²) in [5.74, 6) is 1.52. The Morgan fingerprint density at radius 3 is 2.70 bits per heavy atom. The third-order valence-corrected chi connectivity index (χ3v) is 4.21. The normalized spacial score (nSPS) is 10.5. The predicted molar refractivity (Wildman–Crippen MR) is 107 cm³/mol. The molecule has 2 aromatic carbocycles. The summed E-state index contributed by atoms with van der Waals surface area (Å²) in [6, 6.07) is 14.2. The molecule has 0 atom stereocenters. The molecule has 1 heterocycles. The predicted octanol–water partition coefficient (Wildman–Crippen LogP) is 4.98. The molecule has 0 aliphatic heterocycles. The molecule has 0 saturated carbocycles. The van der Waals surface area contributed by atoms with Crippen LogP contribution in [0.4, 0.5) is 21.8 Å². The minimum Gasteiger partial charge on any atom is -0.496 e. The second-order valence-corrected chi connectivity index (χ2v) is 6.37. The summed E-state index contributed by atoms with van der Waals surface area (Å²) in [7, 11) is 1.67. The molecule has 0 unspecified atom stereocenters. The molecule has 0 fully saturated rings. The number of aromatic nitrogens is 2. The Bertz CT molecular complexity index is 936. The van der Waals surface area contributed by atoms with Gasteiger partial charge < -0.3 is 15.4 Å². The van der Waals surface area contributed by atoms with E-state index in [-0.39, 0.29) is 5.02 Å². The van der Waals surface area contributed by atoms with Crippen molar-refractivity contribution in [3.63, 3.8) is 0 Å². The molecule has 0 bridgehead atoms. The SMILES string of the molecule is COc1ccccc1CCNc1cc(C)nc(Nc2ccc(F)c(Cl)c2)n1. The van der Waals surface area contributed by atoms with Gasteiger partial charge in [-0.15, -0.1) is 0 Å². The van der Waals surface area contributed by atoms with Gasteiger partial charge in [0.1, 0.15) is 17.4 Å². The smallest absolute Gasteiger partial charge is 0.229 e. The molecule has 27 heavy (non-hydrogen) atoms. The number of rotatable bonds is 7. The van der Waals surface area contributed by atoms with Gasteiger partial charge in [0.05, 0.1) is 12.1 Å². The topological polar surface area (TPSA) is 59.1 Å². The zero-order valence-corrected chi connectivity index (χ0v) is 15.8. The van der Waals surface area contributed by atoms with Gasteiger partial charge in [-0.1, -0.05) is 29.8 Å². The van der Waals surface area contributed by atoms with Crippen LogP contribution in [0.3, 0.4) is 0 Å². The highest BCUT2D eigenvalue weighted by Crippen LogP contribution is 2.22. The summed E-state index contributed by atoms with van der Waals surface area (Å²) in [5, 5.41) is 6.39. The first-order valence-electron chi connectivity index (χ1n) is 8.48. The Hall–Kier alpha value is -2.86. The number of hydrogen-bond donors (Lipinski definition) is 2. The van der Waals surface area contributed by atoms with Gasteiger partial charge in [0.2, 0.25) is 5.95 Å². The van der Waals surface area contributed by atoms with E-state index in [4.69, 9.17) is 16.3 Å². The van der Waals surface area contributed by atoms with Crippen molar-refractivity contribution in [1.82, 2.24) is 9.97 Å². The van der Waals surface area contributed by atoms with Crippen LogP contribution in [0.2, 0.25) is 5.02 Å². The second-order valence-electron chi connectivity index (χ2n) is 5.96. The zero-order chi connectivity index (χ0) is 19.2. The van der Waals surface area contributed by atoms with Crippen LogP contribution in [-0.4, -0.2) is 23.6 Å². The Morgan fingerprint density at radius 1 is 1.11 bits per heavy atom. The molecule has 7 heteroatoms. The minimum atomic E-state index is -0.467. The number of ether oxygens (including phenoxy) is 1. The maximum absolute atomic E-state index is 13.3. The standard InChI is InChI=1S/C20H20ClFN4O/c1-13-11-19(23-10-9-14-5-3-4-6-18(14)27-2)26-20(24-13)25-15-7-8-17(22)16(21)12-15/h3-8,11-12H,9-10H2,1-2H3,(H2,23,24,25,26). The fourth-order valence-corrected chi connectivity index (χ4v) is 2.83. The van der Waals surface area contributed by atoms with Crippen LogP contribution >= 0.6 is 11.6 Å². The first kappa shape index (κ1) is 18.9. The van der Waals surface area contributed by atoms with Crippen molar-refractivity contribution in [2.75, 3.05) is 24.3 Å². The van der Waals surface area contributed by atoms with E-state index in [9.17, 15) is 4.39 Å². The van der Waals surface area contributed by atoms with E-state index in [2.05, 4.69) is 20.6 Å². The number of para-hydroxylation sites is 1. The number of halogens is 2. The van der Waals surface area contributed by atoms with Crippen LogP contribution in [0.15, 0.2) is 48.5 Å². The Kier molecular flexibility index (Phi) is 6.08. The molecule has 2 N–H and O–H groups in total. The number of benzene rings is 2. The van der Waals surface area contributed by atoms with E-state index >= 15 is 0 Å². The summed E-state index contributed by atoms with van der Waals surface area (Å²) in [5.41, 5.74) is 2.55. The summed E-state index contributed by atoms with van der Waals surface area (Å²) in [6.45, 7) is 2.58. The van der Waals surface area contributed by atoms with Gasteiger partial charge in [0.15, 0.2) is 0 Å². The quantitative estimate of drug-likeness (QED) is 0.599. The summed E-state index contributed by atoms with van der Waals surface area (Å²) in [6.07, 6.45) is 0.795. The van der Waals surface area contributed by atoms with Gasteiger partial charge in [-0.3, -0.25) is 0 Å². The first-order valence-corrected chi connectivity index (χ1v) is 8.86. The van der Waals surface area contributed by atoms with Crippen LogP contribution in [0.25, 0.3) is 0 Å². The lowest BCUT2D eigenvalue weighted by Crippen LogP contribution is -2.09. The highest BCUT2D eigenvalue weighted by Gasteiger charge is 2.06. The number of nitrogens with zero attached hydrogens (tertiary/aromatic N) is 2. The molecule has 0 aliphatic carbocycles. The third kappa shape index (κ3) is 5.08. The molecule has 5 nitrogen and oxygen atoms in total. The molecule has 1 aromatic heterocycles. The Morgan fingerprint density at radius 2 is 1.93 bits per heavy atom. The fraction of sp³-hybridized carbons (Fsp3) is 0.200. The number of anilines is 3. The molecular formula is C20H20ClFN4O. The minimum absolute atomic E-state index is 0.0443. The van der Waals surface area contributed by atoms with Crippen molar-refractivity contribution >= 4 is 29.1 Å². The molecule has 0 amide bonds. The average Bonchev–Trinajstić information content (AvgIpc) is 2.65. The van der Waals surface area contributed by atoms with E-state index in [0.29, 0.717) is 24.0 Å². The van der Waals surface area contributed by atoms with Crippen molar-refractivity contribution in [2.24, 2.45) is 0 Å². The van der Waals surface area contributed by atoms with Crippen molar-refractivity contribution in [3.8, 4) is 5.75 Å². The van der Waals surface area contributed by atoms with E-state index in [1.807, 2.05) is 37.3 Å². The van der Waals surface area contributed by atoms with Crippen LogP contribution in [0.1, 0.15) is 11.3 Å². The average molecular weight is 387 g/mol. The van der Waals surface area contributed by atoms with E-state index in [1.54, 1.807) is 13.2 Å². The van der Waals surface area contributed by atoms with Crippen LogP contribution < -0.4 is 15.4 Å². The van der Waals surface area contributed by atoms with Crippen molar-refractivity contribution < 1.29 is 9.13 Å². The molecule has 0 radical (unpaired) electrons. The molecule has 140 valence electrons. The highest BCUT2D eigenvalue weighted by molar-refractivity contribution is 6.31. The number of nitrogens with one attached hydrogen (secondary N) is 2. The summed E-state index contributed by atoms with van der Waals surface area (Å²) < 4.78 is 18.7. The third-order valence-electron chi connectivity index (χ3n) is 3.92. The fourth-order valence-electron chi connectivity index (χ4n) is 2.65. The van der Waals surface area contributed by atoms with E-state index in [1.165, 1.54) is 12.1 Å². The van der Waals surface area contributed by atoms with Gasteiger partial charge in [0.25, 0.3) is 0 Å². The van der Waals surface area contributed by atoms with Gasteiger partial charge in [-0.2, -0.15) is 4.98 Å². The lowest BCUT2D eigenvalue weighted by Gasteiger charge is -2.11. The molecule has 0 spiro atoms. The van der Waals surface area contributed by atoms with Crippen molar-refractivity contribution in [1.29, 1.82) is 0 Å². The molecular weight excluding hydrogens is 367 g/mol. The number of aryl methyl sites for hydroxylation is 1. The lowest BCUT2D eigenvalue weighted by molar-refractivity contribution is 0.410. The molecule has 3 aromatic rings. The summed E-state index contributed by atoms with van der Waals surface area (Å²) >= 11 is 5.82. The molecule has 0 saturated heterocycles. The lowest BCUT2D eigenvalue weighted by atomic mass is 10.1. The number of hydrogen-bond acceptors (Lipinski definition) is 5. The largest absolute Gasteiger partial charge is 0.496 e. The second kappa shape index (κ2) is 8.68. The molecule has 0 aliphatic rings. The van der Waals surface area contributed by atoms with Crippen LogP contribution in [-0.2, 0) is 6.42 Å². The molecule has 3 rings (SSSR count). The summed E-state index contributed by atoms with van der Waals surface area (Å²) in [4.78, 5) is 8.81. The Balaban J connectivity index is 1.67. The van der Waals surface area contributed by atoms with Crippen LogP contribution in [0, 0.1) is 12.7 Å².